The van der Waals surface area contributed by atoms with Crippen LogP contribution >= 0.6 is 23.2 Å². The zero-order valence-electron chi connectivity index (χ0n) is 15.9. The molecule has 0 radical (unpaired) electrons. The average Bonchev–Trinajstić information content (AvgIpc) is 2.71. The largest absolute Gasteiger partial charge is 0.482 e. The summed E-state index contributed by atoms with van der Waals surface area (Å²) in [6, 6.07) is 8.01. The molecular formula is C18H15Cl2N7O4. The summed E-state index contributed by atoms with van der Waals surface area (Å²) in [4.78, 5) is 34.8. The van der Waals surface area contributed by atoms with Crippen LogP contribution in [0.1, 0.15) is 5.56 Å². The van der Waals surface area contributed by atoms with Crippen molar-refractivity contribution in [3.05, 3.63) is 68.6 Å². The predicted octanol–water partition coefficient (Wildman–Crippen LogP) is 3.66. The molecular weight excluding hydrogens is 449 g/mol. The van der Waals surface area contributed by atoms with E-state index in [0.717, 1.165) is 11.9 Å². The van der Waals surface area contributed by atoms with Crippen LogP contribution in [0.4, 0.5) is 23.1 Å². The molecule has 0 saturated carbocycles. The van der Waals surface area contributed by atoms with Crippen LogP contribution in [0.2, 0.25) is 10.0 Å². The van der Waals surface area contributed by atoms with E-state index in [1.165, 1.54) is 12.1 Å². The average molecular weight is 464 g/mol. The van der Waals surface area contributed by atoms with Gasteiger partial charge in [0.05, 0.1) is 9.95 Å². The Kier molecular flexibility index (Phi) is 7.00. The van der Waals surface area contributed by atoms with Crippen molar-refractivity contribution in [1.29, 1.82) is 0 Å². The van der Waals surface area contributed by atoms with Gasteiger partial charge in [0, 0.05) is 11.2 Å². The van der Waals surface area contributed by atoms with E-state index in [1.807, 2.05) is 6.92 Å². The van der Waals surface area contributed by atoms with Crippen molar-refractivity contribution in [2.24, 2.45) is 0 Å². The number of hydrogen-bond donors (Lipinski definition) is 3. The maximum atomic E-state index is 12.1. The van der Waals surface area contributed by atoms with Crippen LogP contribution in [-0.4, -0.2) is 32.4 Å². The topological polar surface area (TPSA) is 144 Å². The first kappa shape index (κ1) is 22.0. The van der Waals surface area contributed by atoms with Crippen molar-refractivity contribution < 1.29 is 14.5 Å². The third kappa shape index (κ3) is 5.90. The van der Waals surface area contributed by atoms with Gasteiger partial charge in [0.15, 0.2) is 6.61 Å². The third-order valence-electron chi connectivity index (χ3n) is 3.74. The van der Waals surface area contributed by atoms with Crippen LogP contribution in [0.3, 0.4) is 0 Å². The van der Waals surface area contributed by atoms with E-state index in [1.54, 1.807) is 24.4 Å². The third-order valence-corrected chi connectivity index (χ3v) is 4.27. The molecule has 11 nitrogen and oxygen atoms in total. The van der Waals surface area contributed by atoms with E-state index in [9.17, 15) is 14.9 Å². The number of aryl methyl sites for hydroxylation is 1. The molecule has 31 heavy (non-hydrogen) atoms. The number of carbonyl (C=O) groups excluding carboxylic acids is 1. The number of hydrogen-bond acceptors (Lipinski definition) is 9. The molecule has 160 valence electrons. The maximum absolute atomic E-state index is 12.1. The summed E-state index contributed by atoms with van der Waals surface area (Å²) in [6.45, 7) is 1.44. The Bertz CT molecular complexity index is 1130. The number of hydrazine groups is 1. The molecule has 3 N–H and O–H groups in total. The number of amides is 1. The molecule has 2 heterocycles. The summed E-state index contributed by atoms with van der Waals surface area (Å²) >= 11 is 11.8. The second-order valence-electron chi connectivity index (χ2n) is 6.06. The van der Waals surface area contributed by atoms with E-state index in [0.29, 0.717) is 10.8 Å². The van der Waals surface area contributed by atoms with Gasteiger partial charge in [-0.05, 0) is 42.8 Å². The van der Waals surface area contributed by atoms with Crippen LogP contribution in [0, 0.1) is 17.0 Å². The minimum Gasteiger partial charge on any atom is -0.482 e. The Morgan fingerprint density at radius 1 is 1.16 bits per heavy atom. The zero-order chi connectivity index (χ0) is 22.4. The second-order valence-corrected chi connectivity index (χ2v) is 6.90. The number of anilines is 3. The Balaban J connectivity index is 1.68. The normalized spacial score (nSPS) is 10.3. The van der Waals surface area contributed by atoms with Gasteiger partial charge in [0.2, 0.25) is 11.6 Å². The fourth-order valence-electron chi connectivity index (χ4n) is 2.36. The zero-order valence-corrected chi connectivity index (χ0v) is 17.4. The van der Waals surface area contributed by atoms with Gasteiger partial charge in [-0.3, -0.25) is 25.8 Å². The van der Waals surface area contributed by atoms with Crippen LogP contribution in [0.25, 0.3) is 0 Å². The van der Waals surface area contributed by atoms with Crippen LogP contribution in [0.5, 0.6) is 5.75 Å². The predicted molar refractivity (Wildman–Crippen MR) is 115 cm³/mol. The van der Waals surface area contributed by atoms with Gasteiger partial charge in [-0.15, -0.1) is 0 Å². The molecule has 0 fully saturated rings. The Hall–Kier alpha value is -3.70. The van der Waals surface area contributed by atoms with Crippen molar-refractivity contribution in [2.45, 2.75) is 6.92 Å². The number of carbonyl (C=O) groups is 1. The molecule has 0 saturated heterocycles. The summed E-state index contributed by atoms with van der Waals surface area (Å²) in [5.74, 6) is -0.336. The SMILES string of the molecule is Cc1ccnc(Nc2ncnc(NNC(=O)COc3ccc(Cl)cc3Cl)c2[N+](=O)[O-])c1. The molecule has 0 aliphatic carbocycles. The van der Waals surface area contributed by atoms with Gasteiger partial charge in [-0.1, -0.05) is 23.2 Å². The van der Waals surface area contributed by atoms with Crippen molar-refractivity contribution in [3.8, 4) is 5.75 Å². The lowest BCUT2D eigenvalue weighted by Crippen LogP contribution is -2.34. The number of nitro groups is 1. The van der Waals surface area contributed by atoms with Gasteiger partial charge in [-0.2, -0.15) is 0 Å². The Morgan fingerprint density at radius 3 is 2.65 bits per heavy atom. The summed E-state index contributed by atoms with van der Waals surface area (Å²) in [6.07, 6.45) is 2.65. The number of ether oxygens (including phenoxy) is 1. The number of halogens is 2. The monoisotopic (exact) mass is 463 g/mol. The minimum absolute atomic E-state index is 0.0981. The van der Waals surface area contributed by atoms with Crippen molar-refractivity contribution in [3.63, 3.8) is 0 Å². The molecule has 3 aromatic rings. The van der Waals surface area contributed by atoms with E-state index >= 15 is 0 Å². The molecule has 0 aliphatic heterocycles. The maximum Gasteiger partial charge on any atom is 0.355 e. The lowest BCUT2D eigenvalue weighted by molar-refractivity contribution is -0.383. The fraction of sp³-hybridized carbons (Fsp3) is 0.111. The summed E-state index contributed by atoms with van der Waals surface area (Å²) in [5.41, 5.74) is 5.10. The number of rotatable bonds is 8. The second kappa shape index (κ2) is 9.87. The van der Waals surface area contributed by atoms with E-state index in [4.69, 9.17) is 27.9 Å². The Labute approximate surface area is 185 Å². The van der Waals surface area contributed by atoms with Gasteiger partial charge in [-0.25, -0.2) is 15.0 Å². The van der Waals surface area contributed by atoms with Gasteiger partial charge >= 0.3 is 5.69 Å². The lowest BCUT2D eigenvalue weighted by atomic mass is 10.3. The summed E-state index contributed by atoms with van der Waals surface area (Å²) in [5, 5.41) is 15.0. The Morgan fingerprint density at radius 2 is 1.94 bits per heavy atom. The van der Waals surface area contributed by atoms with Crippen LogP contribution < -0.4 is 20.9 Å². The van der Waals surface area contributed by atoms with Crippen LogP contribution in [-0.2, 0) is 4.79 Å². The van der Waals surface area contributed by atoms with Crippen molar-refractivity contribution >= 4 is 52.3 Å². The number of aromatic nitrogens is 3. The number of nitrogens with zero attached hydrogens (tertiary/aromatic N) is 4. The first-order valence-corrected chi connectivity index (χ1v) is 9.41. The first-order valence-electron chi connectivity index (χ1n) is 8.65. The van der Waals surface area contributed by atoms with Gasteiger partial charge < -0.3 is 10.1 Å². The van der Waals surface area contributed by atoms with E-state index in [2.05, 4.69) is 31.1 Å². The number of benzene rings is 1. The smallest absolute Gasteiger partial charge is 0.355 e. The minimum atomic E-state index is -0.684. The highest BCUT2D eigenvalue weighted by atomic mass is 35.5. The van der Waals surface area contributed by atoms with Gasteiger partial charge in [0.1, 0.15) is 17.9 Å². The van der Waals surface area contributed by atoms with E-state index in [-0.39, 0.29) is 22.4 Å². The molecule has 3 rings (SSSR count). The molecule has 0 unspecified atom stereocenters. The standard InChI is InChI=1S/C18H15Cl2N7O4/c1-10-4-5-21-14(6-10)24-17-16(27(29)30)18(23-9-22-17)26-25-15(28)8-31-13-3-2-11(19)7-12(13)20/h2-7,9H,8H2,1H3,(H,25,28)(H2,21,22,23,24,26). The highest BCUT2D eigenvalue weighted by molar-refractivity contribution is 6.35. The summed E-state index contributed by atoms with van der Waals surface area (Å²) in [7, 11) is 0. The molecule has 0 aliphatic rings. The van der Waals surface area contributed by atoms with Crippen molar-refractivity contribution in [2.75, 3.05) is 17.3 Å². The lowest BCUT2D eigenvalue weighted by Gasteiger charge is -2.11. The van der Waals surface area contributed by atoms with Crippen molar-refractivity contribution in [1.82, 2.24) is 20.4 Å². The van der Waals surface area contributed by atoms with E-state index < -0.39 is 23.1 Å². The number of pyridine rings is 1. The molecule has 0 atom stereocenters. The van der Waals surface area contributed by atoms with Crippen LogP contribution in [0.15, 0.2) is 42.9 Å². The quantitative estimate of drug-likeness (QED) is 0.336. The highest BCUT2D eigenvalue weighted by Gasteiger charge is 2.24. The number of nitrogens with one attached hydrogen (secondary N) is 3. The molecule has 1 aromatic carbocycles. The highest BCUT2D eigenvalue weighted by Crippen LogP contribution is 2.30. The van der Waals surface area contributed by atoms with Gasteiger partial charge in [0.25, 0.3) is 5.91 Å². The first-order chi connectivity index (χ1) is 14.8. The fourth-order valence-corrected chi connectivity index (χ4v) is 2.82. The molecule has 0 spiro atoms. The molecule has 1 amide bonds. The summed E-state index contributed by atoms with van der Waals surface area (Å²) < 4.78 is 5.30. The molecule has 0 bridgehead atoms. The molecule has 2 aromatic heterocycles. The molecule has 13 heteroatoms.